The molecule has 0 radical (unpaired) electrons. The number of nitrogens with two attached hydrogens (primary N) is 1. The van der Waals surface area contributed by atoms with E-state index in [1.165, 1.54) is 18.9 Å². The van der Waals surface area contributed by atoms with Crippen molar-refractivity contribution in [3.05, 3.63) is 29.8 Å². The number of nitrogen functional groups attached to an aromatic ring is 1. The monoisotopic (exact) mass is 211 g/mol. The second-order valence-corrected chi connectivity index (χ2v) is 3.75. The van der Waals surface area contributed by atoms with Crippen molar-refractivity contribution in [1.82, 2.24) is 0 Å². The number of hydrogen-bond acceptors (Lipinski definition) is 4. The first kappa shape index (κ1) is 10.9. The molecule has 0 spiro atoms. The number of methoxy groups -OCH3 is 1. The number of esters is 1. The summed E-state index contributed by atoms with van der Waals surface area (Å²) in [6.45, 7) is 0. The highest BCUT2D eigenvalue weighted by Gasteiger charge is 2.19. The molecule has 0 heterocycles. The van der Waals surface area contributed by atoms with Gasteiger partial charge in [0.05, 0.1) is 7.11 Å². The molecule has 1 aromatic carbocycles. The second-order valence-electron chi connectivity index (χ2n) is 2.81. The summed E-state index contributed by atoms with van der Waals surface area (Å²) in [5.41, 5.74) is 7.16. The highest BCUT2D eigenvalue weighted by atomic mass is 32.2. The Morgan fingerprint density at radius 2 is 2.00 bits per heavy atom. The van der Waals surface area contributed by atoms with Crippen molar-refractivity contribution in [3.8, 4) is 0 Å². The fraction of sp³-hybridized carbons (Fsp3) is 0.300. The van der Waals surface area contributed by atoms with Crippen LogP contribution in [0.3, 0.4) is 0 Å². The van der Waals surface area contributed by atoms with Gasteiger partial charge in [-0.25, -0.2) is 0 Å². The molecule has 0 bridgehead atoms. The molecule has 0 amide bonds. The third-order valence-electron chi connectivity index (χ3n) is 1.89. The zero-order chi connectivity index (χ0) is 10.6. The topological polar surface area (TPSA) is 52.3 Å². The number of rotatable bonds is 3. The third-order valence-corrected chi connectivity index (χ3v) is 2.83. The van der Waals surface area contributed by atoms with E-state index in [0.717, 1.165) is 5.56 Å². The fourth-order valence-electron chi connectivity index (χ4n) is 1.15. The number of anilines is 1. The summed E-state index contributed by atoms with van der Waals surface area (Å²) in [6, 6.07) is 7.24. The summed E-state index contributed by atoms with van der Waals surface area (Å²) in [4.78, 5) is 11.4. The maximum absolute atomic E-state index is 11.4. The van der Waals surface area contributed by atoms with Crippen LogP contribution in [-0.2, 0) is 9.53 Å². The molecule has 0 aliphatic carbocycles. The number of benzene rings is 1. The van der Waals surface area contributed by atoms with Gasteiger partial charge in [0.2, 0.25) is 0 Å². The van der Waals surface area contributed by atoms with Crippen LogP contribution in [-0.4, -0.2) is 19.3 Å². The number of carbonyl (C=O) groups excluding carboxylic acids is 1. The molecule has 2 N–H and O–H groups in total. The lowest BCUT2D eigenvalue weighted by Gasteiger charge is -2.11. The smallest absolute Gasteiger partial charge is 0.323 e. The van der Waals surface area contributed by atoms with Gasteiger partial charge in [-0.05, 0) is 24.0 Å². The first-order valence-electron chi connectivity index (χ1n) is 4.15. The predicted octanol–water partition coefficient (Wildman–Crippen LogP) is 1.85. The molecule has 0 aliphatic rings. The van der Waals surface area contributed by atoms with Gasteiger partial charge in [-0.1, -0.05) is 12.1 Å². The van der Waals surface area contributed by atoms with Crippen LogP contribution in [0.25, 0.3) is 0 Å². The van der Waals surface area contributed by atoms with E-state index in [1.807, 2.05) is 18.4 Å². The quantitative estimate of drug-likeness (QED) is 0.612. The zero-order valence-corrected chi connectivity index (χ0v) is 9.01. The SMILES string of the molecule is COC(=O)C(SC)c1ccc(N)cc1. The summed E-state index contributed by atoms with van der Waals surface area (Å²) in [7, 11) is 1.39. The first-order valence-corrected chi connectivity index (χ1v) is 5.44. The van der Waals surface area contributed by atoms with E-state index in [-0.39, 0.29) is 11.2 Å². The van der Waals surface area contributed by atoms with Crippen molar-refractivity contribution in [2.45, 2.75) is 5.25 Å². The molecule has 0 aromatic heterocycles. The molecule has 1 unspecified atom stereocenters. The molecule has 0 aliphatic heterocycles. The van der Waals surface area contributed by atoms with Crippen molar-refractivity contribution in [3.63, 3.8) is 0 Å². The molecule has 0 fully saturated rings. The lowest BCUT2D eigenvalue weighted by Crippen LogP contribution is -2.10. The van der Waals surface area contributed by atoms with Crippen LogP contribution in [0.1, 0.15) is 10.8 Å². The molecule has 1 aromatic rings. The third kappa shape index (κ3) is 2.42. The summed E-state index contributed by atoms with van der Waals surface area (Å²) in [5.74, 6) is -0.234. The number of hydrogen-bond donors (Lipinski definition) is 1. The van der Waals surface area contributed by atoms with Gasteiger partial charge in [0.25, 0.3) is 0 Å². The number of thioether (sulfide) groups is 1. The van der Waals surface area contributed by atoms with Crippen LogP contribution in [0.2, 0.25) is 0 Å². The van der Waals surface area contributed by atoms with Gasteiger partial charge in [0.1, 0.15) is 5.25 Å². The van der Waals surface area contributed by atoms with E-state index in [4.69, 9.17) is 10.5 Å². The minimum atomic E-state index is -0.263. The van der Waals surface area contributed by atoms with E-state index < -0.39 is 0 Å². The normalized spacial score (nSPS) is 12.1. The van der Waals surface area contributed by atoms with Crippen LogP contribution in [0.4, 0.5) is 5.69 Å². The van der Waals surface area contributed by atoms with Gasteiger partial charge < -0.3 is 10.5 Å². The lowest BCUT2D eigenvalue weighted by molar-refractivity contribution is -0.140. The fourth-order valence-corrected chi connectivity index (χ4v) is 1.86. The Labute approximate surface area is 87.6 Å². The van der Waals surface area contributed by atoms with Crippen LogP contribution in [0.15, 0.2) is 24.3 Å². The molecule has 14 heavy (non-hydrogen) atoms. The summed E-state index contributed by atoms with van der Waals surface area (Å²) < 4.78 is 4.70. The summed E-state index contributed by atoms with van der Waals surface area (Å²) in [5, 5.41) is -0.263. The average Bonchev–Trinajstić information content (AvgIpc) is 2.21. The highest BCUT2D eigenvalue weighted by Crippen LogP contribution is 2.28. The Kier molecular flexibility index (Phi) is 3.83. The highest BCUT2D eigenvalue weighted by molar-refractivity contribution is 7.99. The van der Waals surface area contributed by atoms with E-state index in [0.29, 0.717) is 5.69 Å². The predicted molar refractivity (Wildman–Crippen MR) is 59.1 cm³/mol. The molecular weight excluding hydrogens is 198 g/mol. The van der Waals surface area contributed by atoms with E-state index in [9.17, 15) is 4.79 Å². The van der Waals surface area contributed by atoms with Gasteiger partial charge in [-0.15, -0.1) is 11.8 Å². The molecule has 76 valence electrons. The number of ether oxygens (including phenoxy) is 1. The Morgan fingerprint density at radius 3 is 2.43 bits per heavy atom. The van der Waals surface area contributed by atoms with Gasteiger partial charge in [-0.2, -0.15) is 0 Å². The van der Waals surface area contributed by atoms with Crippen LogP contribution in [0, 0.1) is 0 Å². The Balaban J connectivity index is 2.89. The maximum Gasteiger partial charge on any atom is 0.323 e. The first-order chi connectivity index (χ1) is 6.69. The van der Waals surface area contributed by atoms with Gasteiger partial charge in [0.15, 0.2) is 0 Å². The molecule has 4 heteroatoms. The second kappa shape index (κ2) is 4.91. The standard InChI is InChI=1S/C10H13NO2S/c1-13-10(12)9(14-2)7-3-5-8(11)6-4-7/h3-6,9H,11H2,1-2H3. The van der Waals surface area contributed by atoms with Crippen LogP contribution < -0.4 is 5.73 Å². The molecule has 0 saturated heterocycles. The molecule has 0 saturated carbocycles. The Bertz CT molecular complexity index is 310. The minimum Gasteiger partial charge on any atom is -0.468 e. The van der Waals surface area contributed by atoms with Gasteiger partial charge in [-0.3, -0.25) is 4.79 Å². The molecule has 1 rings (SSSR count). The molecule has 3 nitrogen and oxygen atoms in total. The number of carbonyl (C=O) groups is 1. The Morgan fingerprint density at radius 1 is 1.43 bits per heavy atom. The average molecular weight is 211 g/mol. The maximum atomic E-state index is 11.4. The Hall–Kier alpha value is -1.16. The van der Waals surface area contributed by atoms with Gasteiger partial charge in [0, 0.05) is 5.69 Å². The van der Waals surface area contributed by atoms with Crippen molar-refractivity contribution in [2.75, 3.05) is 19.1 Å². The summed E-state index contributed by atoms with van der Waals surface area (Å²) >= 11 is 1.45. The molecule has 1 atom stereocenters. The largest absolute Gasteiger partial charge is 0.468 e. The van der Waals surface area contributed by atoms with Crippen LogP contribution in [0.5, 0.6) is 0 Å². The van der Waals surface area contributed by atoms with E-state index >= 15 is 0 Å². The van der Waals surface area contributed by atoms with E-state index in [1.54, 1.807) is 12.1 Å². The lowest BCUT2D eigenvalue weighted by atomic mass is 10.1. The minimum absolute atomic E-state index is 0.234. The zero-order valence-electron chi connectivity index (χ0n) is 8.19. The molecular formula is C10H13NO2S. The van der Waals surface area contributed by atoms with Crippen molar-refractivity contribution in [2.24, 2.45) is 0 Å². The van der Waals surface area contributed by atoms with E-state index in [2.05, 4.69) is 0 Å². The van der Waals surface area contributed by atoms with Gasteiger partial charge >= 0.3 is 5.97 Å². The van der Waals surface area contributed by atoms with Crippen molar-refractivity contribution < 1.29 is 9.53 Å². The van der Waals surface area contributed by atoms with Crippen molar-refractivity contribution >= 4 is 23.4 Å². The summed E-state index contributed by atoms with van der Waals surface area (Å²) in [6.07, 6.45) is 1.87. The van der Waals surface area contributed by atoms with Crippen LogP contribution >= 0.6 is 11.8 Å². The van der Waals surface area contributed by atoms with Crippen molar-refractivity contribution in [1.29, 1.82) is 0 Å².